The predicted molar refractivity (Wildman–Crippen MR) is 111 cm³/mol. The molecule has 3 nitrogen and oxygen atoms in total. The number of amides is 1. The van der Waals surface area contributed by atoms with Gasteiger partial charge >= 0.3 is 0 Å². The molecule has 142 valence electrons. The third-order valence-corrected chi connectivity index (χ3v) is 6.48. The second-order valence-corrected chi connectivity index (χ2v) is 9.06. The molecule has 27 heavy (non-hydrogen) atoms. The smallest absolute Gasteiger partial charge is 0.248 e. The molecule has 2 aromatic carbocycles. The Balaban J connectivity index is 1.49. The third kappa shape index (κ3) is 3.93. The summed E-state index contributed by atoms with van der Waals surface area (Å²) in [5.41, 5.74) is 11.6. The van der Waals surface area contributed by atoms with Crippen LogP contribution in [0.5, 0.6) is 0 Å². The van der Waals surface area contributed by atoms with Gasteiger partial charge < -0.3 is 11.1 Å². The maximum absolute atomic E-state index is 11.5. The highest BCUT2D eigenvalue weighted by atomic mass is 16.1. The molecule has 0 spiro atoms. The van der Waals surface area contributed by atoms with Gasteiger partial charge in [-0.3, -0.25) is 4.79 Å². The van der Waals surface area contributed by atoms with Crippen LogP contribution in [0.25, 0.3) is 11.1 Å². The van der Waals surface area contributed by atoms with Gasteiger partial charge in [-0.2, -0.15) is 0 Å². The first-order valence-corrected chi connectivity index (χ1v) is 10.2. The Bertz CT molecular complexity index is 845. The average molecular weight is 363 g/mol. The summed E-state index contributed by atoms with van der Waals surface area (Å²) < 4.78 is 0. The maximum atomic E-state index is 11.5. The molecule has 1 atom stereocenters. The fourth-order valence-corrected chi connectivity index (χ4v) is 4.67. The van der Waals surface area contributed by atoms with Crippen molar-refractivity contribution in [1.29, 1.82) is 0 Å². The van der Waals surface area contributed by atoms with Gasteiger partial charge in [0.25, 0.3) is 0 Å². The van der Waals surface area contributed by atoms with E-state index < -0.39 is 0 Å². The van der Waals surface area contributed by atoms with E-state index in [2.05, 4.69) is 37.4 Å². The quantitative estimate of drug-likeness (QED) is 0.804. The van der Waals surface area contributed by atoms with Gasteiger partial charge in [-0.05, 0) is 78.3 Å². The van der Waals surface area contributed by atoms with Gasteiger partial charge in [0.1, 0.15) is 0 Å². The molecule has 2 aromatic rings. The summed E-state index contributed by atoms with van der Waals surface area (Å²) in [6, 6.07) is 15.5. The van der Waals surface area contributed by atoms with Crippen molar-refractivity contribution in [2.45, 2.75) is 64.5 Å². The molecule has 0 saturated heterocycles. The van der Waals surface area contributed by atoms with E-state index in [4.69, 9.17) is 5.73 Å². The molecule has 0 aromatic heterocycles. The zero-order valence-corrected chi connectivity index (χ0v) is 16.4. The minimum atomic E-state index is -0.377. The summed E-state index contributed by atoms with van der Waals surface area (Å²) in [7, 11) is 0. The van der Waals surface area contributed by atoms with Crippen LogP contribution in [0.2, 0.25) is 0 Å². The highest BCUT2D eigenvalue weighted by molar-refractivity contribution is 5.94. The van der Waals surface area contributed by atoms with E-state index in [1.807, 2.05) is 18.2 Å². The number of benzene rings is 2. The van der Waals surface area contributed by atoms with Gasteiger partial charge in [0, 0.05) is 17.6 Å². The van der Waals surface area contributed by atoms with Gasteiger partial charge in [-0.15, -0.1) is 0 Å². The standard InChI is InChI=1S/C24H30N2O/c1-24(2)12-10-20(11-13-24)26-22-9-7-18-14-17(6-8-21(18)22)16-4-3-5-19(15-16)23(25)27/h3-6,8,14-15,20,22,26H,7,9-13H2,1-2H3,(H2,25,27). The van der Waals surface area contributed by atoms with E-state index in [0.717, 1.165) is 17.5 Å². The second-order valence-electron chi connectivity index (χ2n) is 9.06. The predicted octanol–water partition coefficient (Wildman–Crippen LogP) is 5.00. The van der Waals surface area contributed by atoms with Crippen LogP contribution in [-0.2, 0) is 6.42 Å². The van der Waals surface area contributed by atoms with Crippen LogP contribution in [-0.4, -0.2) is 11.9 Å². The van der Waals surface area contributed by atoms with Crippen molar-refractivity contribution in [1.82, 2.24) is 5.32 Å². The van der Waals surface area contributed by atoms with Gasteiger partial charge in [-0.1, -0.05) is 44.2 Å². The Hall–Kier alpha value is -2.13. The Labute approximate surface area is 162 Å². The SMILES string of the molecule is CC1(C)CCC(NC2CCc3cc(-c4cccc(C(N)=O)c4)ccc32)CC1. The largest absolute Gasteiger partial charge is 0.366 e. The van der Waals surface area contributed by atoms with E-state index in [-0.39, 0.29) is 5.91 Å². The lowest BCUT2D eigenvalue weighted by Crippen LogP contribution is -2.37. The molecule has 3 N–H and O–H groups in total. The zero-order valence-electron chi connectivity index (χ0n) is 16.4. The zero-order chi connectivity index (χ0) is 19.0. The Morgan fingerprint density at radius 2 is 1.78 bits per heavy atom. The van der Waals surface area contributed by atoms with E-state index in [1.54, 1.807) is 6.07 Å². The lowest BCUT2D eigenvalue weighted by molar-refractivity contribution is 0.100. The van der Waals surface area contributed by atoms with Crippen LogP contribution in [0.15, 0.2) is 42.5 Å². The van der Waals surface area contributed by atoms with Crippen LogP contribution in [0.4, 0.5) is 0 Å². The number of carbonyl (C=O) groups excluding carboxylic acids is 1. The number of hydrogen-bond acceptors (Lipinski definition) is 2. The molecule has 2 aliphatic rings. The van der Waals surface area contributed by atoms with Gasteiger partial charge in [-0.25, -0.2) is 0 Å². The molecule has 0 aliphatic heterocycles. The number of carbonyl (C=O) groups is 1. The number of primary amides is 1. The lowest BCUT2D eigenvalue weighted by atomic mass is 9.75. The molecule has 1 fully saturated rings. The normalized spacial score (nSPS) is 21.8. The number of hydrogen-bond donors (Lipinski definition) is 2. The Morgan fingerprint density at radius 3 is 2.52 bits per heavy atom. The van der Waals surface area contributed by atoms with Crippen LogP contribution in [0.3, 0.4) is 0 Å². The number of nitrogens with one attached hydrogen (secondary N) is 1. The molecule has 4 rings (SSSR count). The van der Waals surface area contributed by atoms with Crippen molar-refractivity contribution in [3.8, 4) is 11.1 Å². The van der Waals surface area contributed by atoms with Crippen molar-refractivity contribution in [2.75, 3.05) is 0 Å². The summed E-state index contributed by atoms with van der Waals surface area (Å²) >= 11 is 0. The first-order valence-electron chi connectivity index (χ1n) is 10.2. The van der Waals surface area contributed by atoms with E-state index >= 15 is 0 Å². The van der Waals surface area contributed by atoms with Gasteiger partial charge in [0.15, 0.2) is 0 Å². The van der Waals surface area contributed by atoms with Crippen molar-refractivity contribution < 1.29 is 4.79 Å². The molecular formula is C24H30N2O. The lowest BCUT2D eigenvalue weighted by Gasteiger charge is -2.36. The van der Waals surface area contributed by atoms with E-state index in [0.29, 0.717) is 23.1 Å². The topological polar surface area (TPSA) is 55.1 Å². The number of fused-ring (bicyclic) bond motifs is 1. The minimum absolute atomic E-state index is 0.377. The highest BCUT2D eigenvalue weighted by Crippen LogP contribution is 2.38. The molecule has 0 radical (unpaired) electrons. The summed E-state index contributed by atoms with van der Waals surface area (Å²) in [5, 5.41) is 3.93. The minimum Gasteiger partial charge on any atom is -0.366 e. The van der Waals surface area contributed by atoms with Crippen molar-refractivity contribution in [2.24, 2.45) is 11.1 Å². The average Bonchev–Trinajstić information content (AvgIpc) is 3.05. The van der Waals surface area contributed by atoms with Crippen LogP contribution in [0, 0.1) is 5.41 Å². The van der Waals surface area contributed by atoms with E-state index in [1.165, 1.54) is 43.2 Å². The highest BCUT2D eigenvalue weighted by Gasteiger charge is 2.30. The van der Waals surface area contributed by atoms with Crippen LogP contribution < -0.4 is 11.1 Å². The van der Waals surface area contributed by atoms with Crippen LogP contribution >= 0.6 is 0 Å². The molecular weight excluding hydrogens is 332 g/mol. The fourth-order valence-electron chi connectivity index (χ4n) is 4.67. The van der Waals surface area contributed by atoms with E-state index in [9.17, 15) is 4.79 Å². The van der Waals surface area contributed by atoms with Crippen LogP contribution in [0.1, 0.15) is 73.5 Å². The van der Waals surface area contributed by atoms with Crippen molar-refractivity contribution in [3.63, 3.8) is 0 Å². The molecule has 1 unspecified atom stereocenters. The maximum Gasteiger partial charge on any atom is 0.248 e. The monoisotopic (exact) mass is 362 g/mol. The second kappa shape index (κ2) is 7.12. The first kappa shape index (κ1) is 18.2. The summed E-state index contributed by atoms with van der Waals surface area (Å²) in [5.74, 6) is -0.377. The molecule has 2 aliphatic carbocycles. The number of nitrogens with two attached hydrogens (primary N) is 1. The Kier molecular flexibility index (Phi) is 4.81. The first-order chi connectivity index (χ1) is 12.9. The molecule has 0 bridgehead atoms. The number of rotatable bonds is 4. The summed E-state index contributed by atoms with van der Waals surface area (Å²) in [4.78, 5) is 11.5. The van der Waals surface area contributed by atoms with Crippen molar-refractivity contribution in [3.05, 3.63) is 59.2 Å². The van der Waals surface area contributed by atoms with Gasteiger partial charge in [0.2, 0.25) is 5.91 Å². The molecule has 0 heterocycles. The summed E-state index contributed by atoms with van der Waals surface area (Å²) in [6.07, 6.45) is 7.51. The molecule has 3 heteroatoms. The molecule has 1 amide bonds. The third-order valence-electron chi connectivity index (χ3n) is 6.48. The van der Waals surface area contributed by atoms with Gasteiger partial charge in [0.05, 0.1) is 0 Å². The Morgan fingerprint density at radius 1 is 1.04 bits per heavy atom. The summed E-state index contributed by atoms with van der Waals surface area (Å²) in [6.45, 7) is 4.78. The number of aryl methyl sites for hydroxylation is 1. The fraction of sp³-hybridized carbons (Fsp3) is 0.458. The van der Waals surface area contributed by atoms with Crippen molar-refractivity contribution >= 4 is 5.91 Å². The molecule has 1 saturated carbocycles.